The minimum Gasteiger partial charge on any atom is -0.493 e. The highest BCUT2D eigenvalue weighted by Gasteiger charge is 2.29. The number of esters is 1. The van der Waals surface area contributed by atoms with Gasteiger partial charge in [-0.1, -0.05) is 66.7 Å². The van der Waals surface area contributed by atoms with Crippen molar-refractivity contribution in [2.75, 3.05) is 21.3 Å². The van der Waals surface area contributed by atoms with Crippen LogP contribution in [0.2, 0.25) is 0 Å². The molecule has 5 heteroatoms. The third-order valence-corrected chi connectivity index (χ3v) is 5.77. The van der Waals surface area contributed by atoms with E-state index >= 15 is 0 Å². The van der Waals surface area contributed by atoms with Crippen LogP contribution in [0, 0.1) is 0 Å². The standard InChI is InChI=1S/C27H31NO4/c1-20(22-13-9-6-10-14-22)28(19-21-11-7-5-8-12-21)24(18-27(29)32-4)23-15-16-25(30-2)26(17-23)31-3/h5-17,20,24H,18-19H2,1-4H3. The number of methoxy groups -OCH3 is 3. The van der Waals surface area contributed by atoms with Crippen LogP contribution in [-0.2, 0) is 16.1 Å². The summed E-state index contributed by atoms with van der Waals surface area (Å²) in [6.45, 7) is 2.84. The zero-order valence-corrected chi connectivity index (χ0v) is 19.2. The summed E-state index contributed by atoms with van der Waals surface area (Å²) < 4.78 is 16.0. The van der Waals surface area contributed by atoms with Gasteiger partial charge in [-0.2, -0.15) is 0 Å². The molecule has 0 heterocycles. The van der Waals surface area contributed by atoms with Crippen molar-refractivity contribution in [3.05, 3.63) is 95.6 Å². The van der Waals surface area contributed by atoms with Crippen molar-refractivity contribution in [3.63, 3.8) is 0 Å². The van der Waals surface area contributed by atoms with Gasteiger partial charge in [0.2, 0.25) is 0 Å². The topological polar surface area (TPSA) is 48.0 Å². The van der Waals surface area contributed by atoms with E-state index in [9.17, 15) is 4.79 Å². The van der Waals surface area contributed by atoms with E-state index in [0.29, 0.717) is 18.0 Å². The Balaban J connectivity index is 2.08. The van der Waals surface area contributed by atoms with Crippen molar-refractivity contribution in [1.29, 1.82) is 0 Å². The molecule has 0 spiro atoms. The number of nitrogens with zero attached hydrogens (tertiary/aromatic N) is 1. The molecule has 5 nitrogen and oxygen atoms in total. The van der Waals surface area contributed by atoms with Gasteiger partial charge in [0, 0.05) is 18.6 Å². The maximum absolute atomic E-state index is 12.5. The molecule has 0 aliphatic carbocycles. The zero-order valence-electron chi connectivity index (χ0n) is 19.2. The Hall–Kier alpha value is -3.31. The predicted octanol–water partition coefficient (Wildman–Crippen LogP) is 5.57. The van der Waals surface area contributed by atoms with E-state index in [1.165, 1.54) is 18.2 Å². The molecule has 32 heavy (non-hydrogen) atoms. The van der Waals surface area contributed by atoms with Gasteiger partial charge in [0.1, 0.15) is 0 Å². The molecule has 0 saturated carbocycles. The van der Waals surface area contributed by atoms with Gasteiger partial charge in [-0.25, -0.2) is 0 Å². The third-order valence-electron chi connectivity index (χ3n) is 5.77. The Labute approximate surface area is 190 Å². The molecule has 2 atom stereocenters. The Bertz CT molecular complexity index is 991. The van der Waals surface area contributed by atoms with Crippen LogP contribution in [-0.4, -0.2) is 32.2 Å². The second kappa shape index (κ2) is 11.3. The first-order valence-electron chi connectivity index (χ1n) is 10.7. The average molecular weight is 434 g/mol. The zero-order chi connectivity index (χ0) is 22.9. The molecular weight excluding hydrogens is 402 g/mol. The number of benzene rings is 3. The fraction of sp³-hybridized carbons (Fsp3) is 0.296. The lowest BCUT2D eigenvalue weighted by molar-refractivity contribution is -0.142. The molecule has 168 valence electrons. The number of hydrogen-bond donors (Lipinski definition) is 0. The van der Waals surface area contributed by atoms with Gasteiger partial charge in [0.15, 0.2) is 11.5 Å². The van der Waals surface area contributed by atoms with Crippen LogP contribution in [0.4, 0.5) is 0 Å². The van der Waals surface area contributed by atoms with E-state index in [0.717, 1.165) is 5.56 Å². The Morgan fingerprint density at radius 2 is 1.44 bits per heavy atom. The predicted molar refractivity (Wildman–Crippen MR) is 126 cm³/mol. The monoisotopic (exact) mass is 433 g/mol. The maximum atomic E-state index is 12.5. The van der Waals surface area contributed by atoms with E-state index in [1.807, 2.05) is 54.6 Å². The summed E-state index contributed by atoms with van der Waals surface area (Å²) in [5.74, 6) is 1.02. The minimum atomic E-state index is -0.261. The lowest BCUT2D eigenvalue weighted by atomic mass is 9.96. The molecule has 0 fully saturated rings. The summed E-state index contributed by atoms with van der Waals surface area (Å²) in [6.07, 6.45) is 0.218. The third kappa shape index (κ3) is 5.68. The molecule has 0 aromatic heterocycles. The maximum Gasteiger partial charge on any atom is 0.307 e. The summed E-state index contributed by atoms with van der Waals surface area (Å²) in [6, 6.07) is 26.3. The molecule has 0 radical (unpaired) electrons. The summed E-state index contributed by atoms with van der Waals surface area (Å²) in [7, 11) is 4.66. The summed E-state index contributed by atoms with van der Waals surface area (Å²) in [5, 5.41) is 0. The van der Waals surface area contributed by atoms with Crippen LogP contribution in [0.1, 0.15) is 42.1 Å². The normalized spacial score (nSPS) is 12.8. The highest BCUT2D eigenvalue weighted by atomic mass is 16.5. The molecule has 0 bridgehead atoms. The van der Waals surface area contributed by atoms with Gasteiger partial charge in [-0.15, -0.1) is 0 Å². The summed E-state index contributed by atoms with van der Waals surface area (Å²) in [4.78, 5) is 14.8. The molecule has 3 aromatic carbocycles. The van der Waals surface area contributed by atoms with Crippen molar-refractivity contribution in [2.45, 2.75) is 32.0 Å². The molecule has 0 aliphatic rings. The minimum absolute atomic E-state index is 0.0548. The fourth-order valence-corrected chi connectivity index (χ4v) is 3.96. The van der Waals surface area contributed by atoms with Gasteiger partial charge in [-0.3, -0.25) is 9.69 Å². The summed E-state index contributed by atoms with van der Waals surface area (Å²) >= 11 is 0. The van der Waals surface area contributed by atoms with Gasteiger partial charge < -0.3 is 14.2 Å². The van der Waals surface area contributed by atoms with E-state index < -0.39 is 0 Å². The molecule has 2 unspecified atom stereocenters. The Morgan fingerprint density at radius 1 is 0.812 bits per heavy atom. The van der Waals surface area contributed by atoms with Crippen molar-refractivity contribution >= 4 is 5.97 Å². The number of hydrogen-bond acceptors (Lipinski definition) is 5. The van der Waals surface area contributed by atoms with Gasteiger partial charge in [-0.05, 0) is 35.7 Å². The van der Waals surface area contributed by atoms with Crippen molar-refractivity contribution < 1.29 is 19.0 Å². The van der Waals surface area contributed by atoms with Crippen LogP contribution in [0.25, 0.3) is 0 Å². The SMILES string of the molecule is COC(=O)CC(c1ccc(OC)c(OC)c1)N(Cc1ccccc1)C(C)c1ccccc1. The first-order chi connectivity index (χ1) is 15.6. The van der Waals surface area contributed by atoms with E-state index in [2.05, 4.69) is 36.1 Å². The van der Waals surface area contributed by atoms with Crippen LogP contribution in [0.5, 0.6) is 11.5 Å². The molecule has 3 rings (SSSR count). The smallest absolute Gasteiger partial charge is 0.307 e. The second-order valence-electron chi connectivity index (χ2n) is 7.66. The highest BCUT2D eigenvalue weighted by Crippen LogP contribution is 2.38. The quantitative estimate of drug-likeness (QED) is 0.391. The van der Waals surface area contributed by atoms with E-state index in [4.69, 9.17) is 14.2 Å². The molecule has 0 N–H and O–H groups in total. The van der Waals surface area contributed by atoms with E-state index in [-0.39, 0.29) is 24.5 Å². The number of rotatable bonds is 10. The molecule has 0 aliphatic heterocycles. The molecule has 0 amide bonds. The first-order valence-corrected chi connectivity index (χ1v) is 10.7. The Morgan fingerprint density at radius 3 is 2.03 bits per heavy atom. The fourth-order valence-electron chi connectivity index (χ4n) is 3.96. The van der Waals surface area contributed by atoms with Gasteiger partial charge in [0.05, 0.1) is 27.8 Å². The summed E-state index contributed by atoms with van der Waals surface area (Å²) in [5.41, 5.74) is 3.32. The number of ether oxygens (including phenoxy) is 3. The van der Waals surface area contributed by atoms with Crippen LogP contribution < -0.4 is 9.47 Å². The van der Waals surface area contributed by atoms with Crippen molar-refractivity contribution in [2.24, 2.45) is 0 Å². The molecule has 3 aromatic rings. The highest BCUT2D eigenvalue weighted by molar-refractivity contribution is 5.70. The lowest BCUT2D eigenvalue weighted by Crippen LogP contribution is -2.33. The van der Waals surface area contributed by atoms with Crippen LogP contribution >= 0.6 is 0 Å². The van der Waals surface area contributed by atoms with Gasteiger partial charge in [0.25, 0.3) is 0 Å². The van der Waals surface area contributed by atoms with Crippen LogP contribution in [0.15, 0.2) is 78.9 Å². The van der Waals surface area contributed by atoms with Gasteiger partial charge >= 0.3 is 5.97 Å². The van der Waals surface area contributed by atoms with Crippen LogP contribution in [0.3, 0.4) is 0 Å². The first kappa shape index (κ1) is 23.4. The van der Waals surface area contributed by atoms with Crippen molar-refractivity contribution in [3.8, 4) is 11.5 Å². The van der Waals surface area contributed by atoms with Crippen molar-refractivity contribution in [1.82, 2.24) is 4.90 Å². The number of carbonyl (C=O) groups is 1. The van der Waals surface area contributed by atoms with E-state index in [1.54, 1.807) is 14.2 Å². The number of carbonyl (C=O) groups excluding carboxylic acids is 1. The lowest BCUT2D eigenvalue weighted by Gasteiger charge is -2.37. The Kier molecular flexibility index (Phi) is 8.28. The second-order valence-corrected chi connectivity index (χ2v) is 7.66. The average Bonchev–Trinajstić information content (AvgIpc) is 2.86. The molecule has 0 saturated heterocycles. The largest absolute Gasteiger partial charge is 0.493 e. The molecular formula is C27H31NO4.